The van der Waals surface area contributed by atoms with Gasteiger partial charge in [-0.15, -0.1) is 11.3 Å². The Bertz CT molecular complexity index is 1270. The molecule has 0 unspecified atom stereocenters. The molecule has 39 heavy (non-hydrogen) atoms. The third kappa shape index (κ3) is 6.96. The largest absolute Gasteiger partial charge is 0.493 e. The van der Waals surface area contributed by atoms with E-state index in [2.05, 4.69) is 33.9 Å². The first-order chi connectivity index (χ1) is 18.8. The molecule has 3 heterocycles. The lowest BCUT2D eigenvalue weighted by molar-refractivity contribution is -0.129. The van der Waals surface area contributed by atoms with Gasteiger partial charge in [0, 0.05) is 37.5 Å². The van der Waals surface area contributed by atoms with Crippen molar-refractivity contribution in [3.05, 3.63) is 51.5 Å². The second-order valence-electron chi connectivity index (χ2n) is 11.2. The van der Waals surface area contributed by atoms with Crippen LogP contribution in [-0.4, -0.2) is 52.7 Å². The van der Waals surface area contributed by atoms with Crippen LogP contribution >= 0.6 is 11.3 Å². The molecule has 2 aromatic heterocycles. The highest BCUT2D eigenvalue weighted by atomic mass is 32.1. The molecule has 2 fully saturated rings. The van der Waals surface area contributed by atoms with Gasteiger partial charge in [-0.2, -0.15) is 4.98 Å². The number of aryl methyl sites for hydroxylation is 1. The second kappa shape index (κ2) is 12.0. The maximum absolute atomic E-state index is 14.7. The predicted octanol–water partition coefficient (Wildman–Crippen LogP) is 5.62. The van der Waals surface area contributed by atoms with E-state index in [0.29, 0.717) is 36.4 Å². The van der Waals surface area contributed by atoms with Crippen molar-refractivity contribution in [2.75, 3.05) is 31.6 Å². The Labute approximate surface area is 233 Å². The van der Waals surface area contributed by atoms with Gasteiger partial charge in [0.25, 0.3) is 0 Å². The fourth-order valence-corrected chi connectivity index (χ4v) is 6.09. The summed E-state index contributed by atoms with van der Waals surface area (Å²) >= 11 is 1.55. The first-order valence-electron chi connectivity index (χ1n) is 13.9. The van der Waals surface area contributed by atoms with E-state index in [9.17, 15) is 9.18 Å². The van der Waals surface area contributed by atoms with Crippen LogP contribution in [0.15, 0.2) is 28.1 Å². The average Bonchev–Trinajstić information content (AvgIpc) is 3.29. The van der Waals surface area contributed by atoms with Crippen molar-refractivity contribution in [1.82, 2.24) is 20.0 Å². The Hall–Kier alpha value is -3.01. The fourth-order valence-electron chi connectivity index (χ4n) is 5.49. The van der Waals surface area contributed by atoms with Crippen LogP contribution in [0.4, 0.5) is 10.4 Å². The number of carbonyl (C=O) groups excluding carboxylic acids is 1. The lowest BCUT2D eigenvalue weighted by Crippen LogP contribution is -2.34. The van der Waals surface area contributed by atoms with Crippen LogP contribution in [0.2, 0.25) is 0 Å². The third-order valence-corrected chi connectivity index (χ3v) is 8.78. The smallest absolute Gasteiger partial charge is 0.324 e. The summed E-state index contributed by atoms with van der Waals surface area (Å²) in [5, 5.41) is 7.00. The number of rotatable bonds is 11. The van der Waals surface area contributed by atoms with Crippen molar-refractivity contribution in [1.29, 1.82) is 0 Å². The van der Waals surface area contributed by atoms with E-state index < -0.39 is 5.82 Å². The second-order valence-corrected chi connectivity index (χ2v) is 12.3. The molecule has 1 aromatic carbocycles. The molecule has 0 radical (unpaired) electrons. The molecular formula is C29H38FN5O3S. The topological polar surface area (TPSA) is 84.6 Å². The molecule has 10 heteroatoms. The van der Waals surface area contributed by atoms with Gasteiger partial charge >= 0.3 is 6.01 Å². The van der Waals surface area contributed by atoms with E-state index >= 15 is 0 Å². The summed E-state index contributed by atoms with van der Waals surface area (Å²) in [5.74, 6) is 3.15. The maximum atomic E-state index is 14.7. The monoisotopic (exact) mass is 555 g/mol. The number of ether oxygens (including phenoxy) is 1. The van der Waals surface area contributed by atoms with Gasteiger partial charge in [-0.25, -0.2) is 9.37 Å². The van der Waals surface area contributed by atoms with Gasteiger partial charge in [-0.3, -0.25) is 4.79 Å². The standard InChI is InChI=1S/C29H38FN5O3S/c1-18(2)28-32-29(38-33-28)35-10-7-20(8-11-35)25-13-21(25)9-12-37-24-6-5-22(26(30)15-24)14-27(36)34(4)16-23-17-39-19(3)31-23/h5-6,15,17-18,20-21,25H,7-14,16H2,1-4H3/t21-,25-/m1/s1. The van der Waals surface area contributed by atoms with Gasteiger partial charge < -0.3 is 19.1 Å². The predicted molar refractivity (Wildman–Crippen MR) is 148 cm³/mol. The Morgan fingerprint density at radius 3 is 2.74 bits per heavy atom. The van der Waals surface area contributed by atoms with Gasteiger partial charge in [-0.1, -0.05) is 25.1 Å². The van der Waals surface area contributed by atoms with Crippen LogP contribution in [-0.2, 0) is 17.8 Å². The highest BCUT2D eigenvalue weighted by Crippen LogP contribution is 2.50. The molecular weight excluding hydrogens is 517 g/mol. The summed E-state index contributed by atoms with van der Waals surface area (Å²) in [6.45, 7) is 8.98. The zero-order chi connectivity index (χ0) is 27.5. The number of carbonyl (C=O) groups is 1. The minimum Gasteiger partial charge on any atom is -0.493 e. The molecule has 3 aromatic rings. The number of amides is 1. The van der Waals surface area contributed by atoms with Crippen LogP contribution in [0.25, 0.3) is 0 Å². The molecule has 210 valence electrons. The van der Waals surface area contributed by atoms with Crippen LogP contribution in [0.3, 0.4) is 0 Å². The number of thiazole rings is 1. The van der Waals surface area contributed by atoms with Gasteiger partial charge in [0.1, 0.15) is 11.6 Å². The number of benzene rings is 1. The van der Waals surface area contributed by atoms with E-state index in [4.69, 9.17) is 9.26 Å². The van der Waals surface area contributed by atoms with Gasteiger partial charge in [0.05, 0.1) is 30.3 Å². The maximum Gasteiger partial charge on any atom is 0.324 e. The highest BCUT2D eigenvalue weighted by molar-refractivity contribution is 7.09. The first kappa shape index (κ1) is 27.6. The SMILES string of the molecule is Cc1nc(CN(C)C(=O)Cc2ccc(OCC[C@@H]3C[C@@H]3C3CCN(c4nc(C(C)C)no4)CC3)cc2F)cs1. The molecule has 2 atom stereocenters. The number of halogens is 1. The van der Waals surface area contributed by atoms with E-state index in [1.165, 1.54) is 12.5 Å². The number of nitrogens with zero attached hydrogens (tertiary/aromatic N) is 5. The number of hydrogen-bond donors (Lipinski definition) is 0. The molecule has 1 aliphatic heterocycles. The molecule has 2 aliphatic rings. The van der Waals surface area contributed by atoms with Crippen molar-refractivity contribution < 1.29 is 18.4 Å². The fraction of sp³-hybridized carbons (Fsp3) is 0.586. The van der Waals surface area contributed by atoms with Crippen LogP contribution in [0, 0.1) is 30.5 Å². The average molecular weight is 556 g/mol. The molecule has 1 amide bonds. The highest BCUT2D eigenvalue weighted by Gasteiger charge is 2.43. The third-order valence-electron chi connectivity index (χ3n) is 7.96. The van der Waals surface area contributed by atoms with Gasteiger partial charge in [-0.05, 0) is 62.0 Å². The molecule has 1 saturated carbocycles. The number of aromatic nitrogens is 3. The molecule has 1 saturated heterocycles. The summed E-state index contributed by atoms with van der Waals surface area (Å²) in [5.41, 5.74) is 1.23. The molecule has 5 rings (SSSR count). The van der Waals surface area contributed by atoms with E-state index in [1.807, 2.05) is 12.3 Å². The summed E-state index contributed by atoms with van der Waals surface area (Å²) < 4.78 is 26.1. The van der Waals surface area contributed by atoms with Crippen molar-refractivity contribution >= 4 is 23.3 Å². The zero-order valence-corrected chi connectivity index (χ0v) is 24.0. The van der Waals surface area contributed by atoms with E-state index in [1.54, 1.807) is 35.4 Å². The number of piperidine rings is 1. The minimum atomic E-state index is -0.406. The van der Waals surface area contributed by atoms with Crippen LogP contribution in [0.1, 0.15) is 67.5 Å². The lowest BCUT2D eigenvalue weighted by Gasteiger charge is -2.30. The lowest BCUT2D eigenvalue weighted by atomic mass is 9.90. The molecule has 0 bridgehead atoms. The summed E-state index contributed by atoms with van der Waals surface area (Å²) in [6.07, 6.45) is 4.53. The quantitative estimate of drug-likeness (QED) is 0.304. The van der Waals surface area contributed by atoms with Crippen molar-refractivity contribution in [2.45, 2.75) is 65.3 Å². The van der Waals surface area contributed by atoms with Crippen molar-refractivity contribution in [3.8, 4) is 5.75 Å². The Kier molecular flexibility index (Phi) is 8.49. The van der Waals surface area contributed by atoms with Crippen molar-refractivity contribution in [3.63, 3.8) is 0 Å². The van der Waals surface area contributed by atoms with Gasteiger partial charge in [0.2, 0.25) is 5.91 Å². The number of hydrogen-bond acceptors (Lipinski definition) is 8. The minimum absolute atomic E-state index is 0.0136. The van der Waals surface area contributed by atoms with Crippen LogP contribution < -0.4 is 9.64 Å². The van der Waals surface area contributed by atoms with Crippen molar-refractivity contribution in [2.24, 2.45) is 17.8 Å². The first-order valence-corrected chi connectivity index (χ1v) is 14.8. The summed E-state index contributed by atoms with van der Waals surface area (Å²) in [6, 6.07) is 5.47. The van der Waals surface area contributed by atoms with Crippen LogP contribution in [0.5, 0.6) is 5.75 Å². The Morgan fingerprint density at radius 2 is 2.08 bits per heavy atom. The molecule has 0 spiro atoms. The number of anilines is 1. The van der Waals surface area contributed by atoms with E-state index in [0.717, 1.165) is 60.7 Å². The normalized spacial score (nSPS) is 19.5. The Balaban J connectivity index is 1.01. The van der Waals surface area contributed by atoms with E-state index in [-0.39, 0.29) is 18.2 Å². The summed E-state index contributed by atoms with van der Waals surface area (Å²) in [7, 11) is 1.72. The summed E-state index contributed by atoms with van der Waals surface area (Å²) in [4.78, 5) is 25.3. The zero-order valence-electron chi connectivity index (χ0n) is 23.2. The number of likely N-dealkylation sites (N-methyl/N-ethyl adjacent to an activating group) is 1. The Morgan fingerprint density at radius 1 is 1.28 bits per heavy atom. The molecule has 0 N–H and O–H groups in total. The van der Waals surface area contributed by atoms with Gasteiger partial charge in [0.15, 0.2) is 5.82 Å². The molecule has 8 nitrogen and oxygen atoms in total. The molecule has 1 aliphatic carbocycles.